The van der Waals surface area contributed by atoms with Gasteiger partial charge >= 0.3 is 0 Å². The summed E-state index contributed by atoms with van der Waals surface area (Å²) in [5.41, 5.74) is -3.14. The van der Waals surface area contributed by atoms with Crippen LogP contribution in [0.25, 0.3) is 39.1 Å². The number of imidazole rings is 1. The number of hydrogen-bond donors (Lipinski definition) is 1. The molecule has 0 bridgehead atoms. The van der Waals surface area contributed by atoms with Gasteiger partial charge in [0.05, 0.1) is 74.2 Å². The summed E-state index contributed by atoms with van der Waals surface area (Å²) < 4.78 is 168. The largest absolute Gasteiger partial charge is 0.288 e. The molecule has 0 unspecified atom stereocenters. The average Bonchev–Trinajstić information content (AvgIpc) is 3.79. The molecule has 8 rings (SSSR count). The molecule has 0 radical (unpaired) electrons. The number of carbonyl (C=O) groups is 2. The van der Waals surface area contributed by atoms with Gasteiger partial charge in [0, 0.05) is 46.2 Å². The van der Waals surface area contributed by atoms with Crippen LogP contribution >= 0.6 is 11.6 Å². The molecule has 3 heterocycles. The summed E-state index contributed by atoms with van der Waals surface area (Å²) in [6, 6.07) is 14.8. The van der Waals surface area contributed by atoms with Crippen LogP contribution in [-0.4, -0.2) is 83.6 Å². The zero-order valence-corrected chi connectivity index (χ0v) is 43.0. The highest BCUT2D eigenvalue weighted by atomic mass is 35.5. The van der Waals surface area contributed by atoms with Crippen LogP contribution in [0, 0.1) is 41.8 Å². The first-order valence-corrected chi connectivity index (χ1v) is 27.7. The second-order valence-corrected chi connectivity index (χ2v) is 22.8. The first-order chi connectivity index (χ1) is 35.4. The number of nitrogens with zero attached hydrogens (tertiary/aromatic N) is 7. The zero-order chi connectivity index (χ0) is 54.7. The minimum absolute atomic E-state index is 0.0479. The molecule has 0 aliphatic heterocycles. The highest BCUT2D eigenvalue weighted by Crippen LogP contribution is 2.34. The fraction of sp³-hybridized carbons (Fsp3) is 0.204. The van der Waals surface area contributed by atoms with E-state index < -0.39 is 111 Å². The van der Waals surface area contributed by atoms with Gasteiger partial charge in [-0.25, -0.2) is 66.5 Å². The number of hydrogen-bond acceptors (Lipinski definition) is 13. The number of rotatable bonds is 17. The Morgan fingerprint density at radius 2 is 1.13 bits per heavy atom. The molecule has 8 aromatic rings. The smallest absolute Gasteiger partial charge is 0.248 e. The fourth-order valence-corrected chi connectivity index (χ4v) is 12.8. The van der Waals surface area contributed by atoms with Crippen molar-refractivity contribution in [2.45, 2.75) is 47.0 Å². The van der Waals surface area contributed by atoms with Gasteiger partial charge in [0.1, 0.15) is 11.5 Å². The Morgan fingerprint density at radius 3 is 1.67 bits per heavy atom. The van der Waals surface area contributed by atoms with Crippen LogP contribution in [0.4, 0.5) is 37.7 Å². The molecule has 0 atom stereocenters. The second kappa shape index (κ2) is 22.2. The maximum Gasteiger partial charge on any atom is 0.248 e. The number of anilines is 2. The molecule has 0 aliphatic carbocycles. The van der Waals surface area contributed by atoms with E-state index in [4.69, 9.17) is 11.6 Å². The highest BCUT2D eigenvalue weighted by Gasteiger charge is 2.38. The predicted octanol–water partition coefficient (Wildman–Crippen LogP) is 9.81. The van der Waals surface area contributed by atoms with Crippen molar-refractivity contribution in [3.8, 4) is 17.1 Å². The standard InChI is InChI=1S/C27H23ClF3N3O5S2.C22H18F3N5O3S/c1-3-11-40(36,37)34(41(38,39)12-4-2)23-14-19(29)25(30)24(26(23)31)27(35)17-7-10-20-21(13-17)33-22(15-32-20)16-5-8-18(28)9-6-16;1-3-8-34(32,33)29-17-10-14(23)20(24)19(21(17)25)22(31)13-4-5-15-16(9-13)28-18(11-27-15)30-7-6-26-12(30)2/h5-10,13-15H,3-4,11-12H2,1-2H3;4-7,9-11,29H,3,8H2,1-2H3. The molecule has 1 N–H and O–H groups in total. The summed E-state index contributed by atoms with van der Waals surface area (Å²) >= 11 is 5.93. The van der Waals surface area contributed by atoms with E-state index in [1.165, 1.54) is 62.6 Å². The summed E-state index contributed by atoms with van der Waals surface area (Å²) in [6.07, 6.45) is 6.33. The van der Waals surface area contributed by atoms with Crippen LogP contribution in [0.3, 0.4) is 0 Å². The quantitative estimate of drug-likeness (QED) is 0.0510. The lowest BCUT2D eigenvalue weighted by molar-refractivity contribution is 0.102. The van der Waals surface area contributed by atoms with Gasteiger partial charge in [-0.05, 0) is 74.7 Å². The molecule has 0 saturated carbocycles. The lowest BCUT2D eigenvalue weighted by atomic mass is 10.0. The van der Waals surface area contributed by atoms with Gasteiger partial charge in [0.2, 0.25) is 30.1 Å². The summed E-state index contributed by atoms with van der Waals surface area (Å²) in [4.78, 5) is 47.9. The Labute approximate surface area is 430 Å². The fourth-order valence-electron chi connectivity index (χ4n) is 7.52. The van der Waals surface area contributed by atoms with Crippen molar-refractivity contribution >= 4 is 86.7 Å². The van der Waals surface area contributed by atoms with E-state index >= 15 is 8.78 Å². The van der Waals surface area contributed by atoms with Crippen molar-refractivity contribution in [3.05, 3.63) is 166 Å². The maximum atomic E-state index is 15.8. The molecule has 0 amide bonds. The number of sulfonamides is 3. The molecule has 26 heteroatoms. The molecular weight excluding hydrogens is 1070 g/mol. The molecule has 0 spiro atoms. The third kappa shape index (κ3) is 11.8. The minimum atomic E-state index is -4.75. The molecule has 5 aromatic carbocycles. The van der Waals surface area contributed by atoms with Crippen LogP contribution in [-0.2, 0) is 30.1 Å². The van der Waals surface area contributed by atoms with Crippen LogP contribution in [0.2, 0.25) is 5.02 Å². The number of aromatic nitrogens is 6. The van der Waals surface area contributed by atoms with E-state index in [2.05, 4.69) is 24.9 Å². The monoisotopic (exact) mass is 1110 g/mol. The third-order valence-corrected chi connectivity index (χ3v) is 17.3. The van der Waals surface area contributed by atoms with E-state index in [9.17, 15) is 52.4 Å². The van der Waals surface area contributed by atoms with Gasteiger partial charge in [-0.3, -0.25) is 28.8 Å². The highest BCUT2D eigenvalue weighted by molar-refractivity contribution is 8.10. The lowest BCUT2D eigenvalue weighted by Crippen LogP contribution is -2.40. The van der Waals surface area contributed by atoms with E-state index in [0.717, 1.165) is 0 Å². The Balaban J connectivity index is 0.000000222. The van der Waals surface area contributed by atoms with Crippen molar-refractivity contribution in [1.82, 2.24) is 29.5 Å². The summed E-state index contributed by atoms with van der Waals surface area (Å²) in [5, 5.41) is 0.498. The van der Waals surface area contributed by atoms with Crippen LogP contribution in [0.1, 0.15) is 77.7 Å². The zero-order valence-electron chi connectivity index (χ0n) is 39.7. The average molecular weight is 1120 g/mol. The Hall–Kier alpha value is -7.35. The number of aryl methyl sites for hydroxylation is 1. The second-order valence-electron chi connectivity index (χ2n) is 16.4. The van der Waals surface area contributed by atoms with E-state index in [-0.39, 0.29) is 57.0 Å². The molecule has 16 nitrogen and oxygen atoms in total. The van der Waals surface area contributed by atoms with Crippen LogP contribution < -0.4 is 8.43 Å². The van der Waals surface area contributed by atoms with Gasteiger partial charge in [0.15, 0.2) is 52.3 Å². The third-order valence-electron chi connectivity index (χ3n) is 10.9. The summed E-state index contributed by atoms with van der Waals surface area (Å²) in [7, 11) is -13.5. The van der Waals surface area contributed by atoms with Gasteiger partial charge in [-0.15, -0.1) is 0 Å². The molecule has 0 fully saturated rings. The van der Waals surface area contributed by atoms with Crippen molar-refractivity contribution in [2.75, 3.05) is 25.7 Å². The Bertz CT molecular complexity index is 3870. The normalized spacial score (nSPS) is 11.9. The number of carbonyl (C=O) groups excluding carboxylic acids is 2. The van der Waals surface area contributed by atoms with Gasteiger partial charge in [-0.2, -0.15) is 3.71 Å². The van der Waals surface area contributed by atoms with Crippen molar-refractivity contribution < 1.29 is 61.2 Å². The number of ketones is 2. The summed E-state index contributed by atoms with van der Waals surface area (Å²) in [5.74, 6) is -13.7. The first kappa shape index (κ1) is 55.4. The predicted molar refractivity (Wildman–Crippen MR) is 269 cm³/mol. The number of nitrogens with one attached hydrogen (secondary N) is 1. The van der Waals surface area contributed by atoms with Gasteiger partial charge < -0.3 is 0 Å². The van der Waals surface area contributed by atoms with Crippen LogP contribution in [0.5, 0.6) is 0 Å². The molecule has 392 valence electrons. The van der Waals surface area contributed by atoms with Gasteiger partial charge in [0.25, 0.3) is 0 Å². The maximum absolute atomic E-state index is 15.8. The topological polar surface area (TPSA) is 221 Å². The van der Waals surface area contributed by atoms with E-state index in [1.54, 1.807) is 55.1 Å². The summed E-state index contributed by atoms with van der Waals surface area (Å²) in [6.45, 7) is 6.23. The lowest BCUT2D eigenvalue weighted by Gasteiger charge is -2.25. The molecule has 3 aromatic heterocycles. The van der Waals surface area contributed by atoms with Crippen molar-refractivity contribution in [3.63, 3.8) is 0 Å². The molecule has 0 aliphatic rings. The number of halogens is 7. The first-order valence-electron chi connectivity index (χ1n) is 22.4. The SMILES string of the molecule is CCCS(=O)(=O)N(c1cc(F)c(F)c(C(=O)c2ccc3ncc(-c4ccc(Cl)cc4)nc3c2)c1F)S(=O)(=O)CCC.CCCS(=O)(=O)Nc1cc(F)c(F)c(C(=O)c2ccc3ncc(-n4ccnc4C)nc3c2)c1F. The van der Waals surface area contributed by atoms with Gasteiger partial charge in [-0.1, -0.05) is 44.5 Å². The van der Waals surface area contributed by atoms with E-state index in [1.807, 2.05) is 4.72 Å². The number of benzene rings is 5. The van der Waals surface area contributed by atoms with E-state index in [0.29, 0.717) is 45.0 Å². The van der Waals surface area contributed by atoms with Crippen molar-refractivity contribution in [1.29, 1.82) is 0 Å². The van der Waals surface area contributed by atoms with Crippen molar-refractivity contribution in [2.24, 2.45) is 0 Å². The van der Waals surface area contributed by atoms with Crippen LogP contribution in [0.15, 0.2) is 97.6 Å². The molecule has 75 heavy (non-hydrogen) atoms. The Morgan fingerprint density at radius 1 is 0.613 bits per heavy atom. The molecular formula is C49H41ClF6N8O8S3. The minimum Gasteiger partial charge on any atom is -0.288 e. The Kier molecular flexibility index (Phi) is 16.4. The number of fused-ring (bicyclic) bond motifs is 2. The molecule has 0 saturated heterocycles.